The summed E-state index contributed by atoms with van der Waals surface area (Å²) in [5.41, 5.74) is 0. The van der Waals surface area contributed by atoms with Crippen LogP contribution in [0, 0.1) is 59.2 Å². The number of hydrogen-bond acceptors (Lipinski definition) is 10. The van der Waals surface area contributed by atoms with Gasteiger partial charge < -0.3 is 43.9 Å². The second kappa shape index (κ2) is 39.4. The van der Waals surface area contributed by atoms with Gasteiger partial charge in [0.25, 0.3) is 0 Å². The summed E-state index contributed by atoms with van der Waals surface area (Å²) in [7, 11) is -3.88. The molecule has 0 aromatic heterocycles. The van der Waals surface area contributed by atoms with Crippen molar-refractivity contribution >= 4 is 22.4 Å². The van der Waals surface area contributed by atoms with Crippen molar-refractivity contribution in [3.05, 3.63) is 99.2 Å². The van der Waals surface area contributed by atoms with E-state index in [4.69, 9.17) is 18.3 Å². The van der Waals surface area contributed by atoms with Gasteiger partial charge in [0.15, 0.2) is 28.2 Å². The van der Waals surface area contributed by atoms with E-state index in [1.54, 1.807) is 26.0 Å². The van der Waals surface area contributed by atoms with E-state index in [1.165, 1.54) is 0 Å². The molecule has 0 spiro atoms. The fraction of sp³-hybridized carbons (Fsp3) is 0.754. The van der Waals surface area contributed by atoms with E-state index in [0.29, 0.717) is 42.9 Å². The Bertz CT molecular complexity index is 1870. The van der Waals surface area contributed by atoms with Gasteiger partial charge >= 0.3 is 0 Å². The van der Waals surface area contributed by atoms with Crippen molar-refractivity contribution in [3.8, 4) is 0 Å². The fourth-order valence-electron chi connectivity index (χ4n) is 7.42. The summed E-state index contributed by atoms with van der Waals surface area (Å²) in [4.78, 5) is 12.8. The minimum absolute atomic E-state index is 0.0328. The maximum absolute atomic E-state index is 12.8. The number of allylic oxidation sites excluding steroid dienone is 3. The maximum atomic E-state index is 12.8. The van der Waals surface area contributed by atoms with E-state index < -0.39 is 46.8 Å². The Morgan fingerprint density at radius 2 is 0.901 bits per heavy atom. The molecule has 474 valence electrons. The summed E-state index contributed by atoms with van der Waals surface area (Å²) >= 11 is 0. The zero-order valence-corrected chi connectivity index (χ0v) is 58.8. The minimum Gasteiger partial charge on any atom is -0.411 e. The highest BCUT2D eigenvalue weighted by Gasteiger charge is 2.44. The summed E-state index contributed by atoms with van der Waals surface area (Å²) in [6.07, 6.45) is 22.7. The molecule has 10 nitrogen and oxygen atoms in total. The van der Waals surface area contributed by atoms with Crippen molar-refractivity contribution in [2.24, 2.45) is 59.2 Å². The summed E-state index contributed by atoms with van der Waals surface area (Å²) < 4.78 is 24.7. The first kappa shape index (κ1) is 82.9. The zero-order chi connectivity index (χ0) is 64.2. The summed E-state index contributed by atoms with van der Waals surface area (Å²) in [5, 5.41) is 49.1. The Balaban J connectivity index is -0.00000101. The molecule has 0 aromatic rings. The highest BCUT2D eigenvalue weighted by atomic mass is 28.4. The van der Waals surface area contributed by atoms with E-state index in [0.717, 1.165) is 6.42 Å². The molecule has 81 heavy (non-hydrogen) atoms. The smallest absolute Gasteiger partial charge is 0.193 e. The largest absolute Gasteiger partial charge is 0.411 e. The summed E-state index contributed by atoms with van der Waals surface area (Å²) in [5.74, 6) is 2.08. The topological polar surface area (TPSA) is 155 Å². The van der Waals surface area contributed by atoms with Gasteiger partial charge in [-0.25, -0.2) is 0 Å². The van der Waals surface area contributed by atoms with E-state index in [-0.39, 0.29) is 81.9 Å². The van der Waals surface area contributed by atoms with Crippen LogP contribution >= 0.6 is 0 Å². The first-order valence-electron chi connectivity index (χ1n) is 30.6. The lowest BCUT2D eigenvalue weighted by atomic mass is 9.93. The molecular weight excluding hydrogens is 1040 g/mol. The number of aliphatic hydroxyl groups excluding tert-OH is 5. The molecule has 17 atom stereocenters. The third-order valence-electron chi connectivity index (χ3n) is 16.9. The van der Waals surface area contributed by atoms with Crippen LogP contribution in [0.4, 0.5) is 0 Å². The van der Waals surface area contributed by atoms with Crippen LogP contribution in [0.25, 0.3) is 0 Å². The summed E-state index contributed by atoms with van der Waals surface area (Å²) in [6.45, 7) is 69.6. The van der Waals surface area contributed by atoms with E-state index >= 15 is 0 Å². The average molecular weight is 1180 g/mol. The third kappa shape index (κ3) is 33.2. The molecule has 1 rings (SSSR count). The van der Waals surface area contributed by atoms with Crippen molar-refractivity contribution in [2.75, 3.05) is 0 Å². The molecule has 0 amide bonds. The molecule has 1 heterocycles. The monoisotopic (exact) mass is 1170 g/mol. The summed E-state index contributed by atoms with van der Waals surface area (Å²) in [6, 6.07) is 0. The predicted octanol–water partition coefficient (Wildman–Crippen LogP) is 16.6. The normalized spacial score (nSPS) is 21.8. The number of aliphatic hydroxyl groups is 5. The lowest BCUT2D eigenvalue weighted by molar-refractivity contribution is -0.148. The van der Waals surface area contributed by atoms with Crippen molar-refractivity contribution in [2.45, 2.75) is 275 Å². The van der Waals surface area contributed by atoms with Gasteiger partial charge in [-0.3, -0.25) is 4.79 Å². The highest BCUT2D eigenvalue weighted by molar-refractivity contribution is 6.74. The van der Waals surface area contributed by atoms with Crippen molar-refractivity contribution in [1.82, 2.24) is 0 Å². The van der Waals surface area contributed by atoms with Crippen LogP contribution < -0.4 is 0 Å². The van der Waals surface area contributed by atoms with E-state index in [1.807, 2.05) is 71.9 Å². The van der Waals surface area contributed by atoms with Crippen LogP contribution in [0.2, 0.25) is 36.3 Å². The molecule has 1 aliphatic heterocycles. The molecule has 5 N–H and O–H groups in total. The molecule has 0 saturated carbocycles. The van der Waals surface area contributed by atoms with Crippen LogP contribution in [0.15, 0.2) is 99.2 Å². The molecular formula is C69H130O10Si2. The maximum Gasteiger partial charge on any atom is 0.193 e. The molecule has 0 unspecified atom stereocenters. The fourth-order valence-corrected chi connectivity index (χ4v) is 10.0. The van der Waals surface area contributed by atoms with Gasteiger partial charge in [0.05, 0.1) is 48.8 Å². The Kier molecular flexibility index (Phi) is 40.3. The van der Waals surface area contributed by atoms with Crippen molar-refractivity contribution < 1.29 is 48.7 Å². The lowest BCUT2D eigenvalue weighted by Gasteiger charge is -2.41. The third-order valence-corrected chi connectivity index (χ3v) is 25.9. The van der Waals surface area contributed by atoms with Crippen LogP contribution in [0.1, 0.15) is 178 Å². The standard InChI is InChI=1S/C20H40O2Si.C20H38O2Si.C16H28O3.C13H24O3/c2*1-11-12-18(22-23(9,10)20(6,7)8)19(21)17(5)14-13-16(4)15(2)3;1-7-8-14-15(19-16(5,6)18-14)12(3)10-9-11(2)13(4)17;1-5-6-12(15)13(16)10(3)8-7-9(2)11(4)14/h11,13-19,21H,1,12H2,2-10H3;11,13-18H,1,12H2,2-10H3;7,9-15,17H,1,8H2,2-6H3;5,7-16H,1,6H2,2-4H3/b2*14-13-;10-9-;8-7-/t16-,17-,18+,19+;16-,17-,18+;11-,12-,13+,14+,15+;9-,10-,11+,12+,13+/m1111/s1. The second-order valence-electron chi connectivity index (χ2n) is 27.8. The Labute approximate surface area is 502 Å². The quantitative estimate of drug-likeness (QED) is 0.0335. The van der Waals surface area contributed by atoms with Gasteiger partial charge in [0.1, 0.15) is 6.10 Å². The van der Waals surface area contributed by atoms with Gasteiger partial charge in [-0.1, -0.05) is 198 Å². The van der Waals surface area contributed by atoms with Crippen molar-refractivity contribution in [3.63, 3.8) is 0 Å². The van der Waals surface area contributed by atoms with Gasteiger partial charge in [0, 0.05) is 23.7 Å². The van der Waals surface area contributed by atoms with E-state index in [9.17, 15) is 30.3 Å². The first-order valence-corrected chi connectivity index (χ1v) is 36.5. The van der Waals surface area contributed by atoms with Crippen LogP contribution in [-0.2, 0) is 23.1 Å². The molecule has 0 radical (unpaired) electrons. The van der Waals surface area contributed by atoms with Crippen LogP contribution in [0.3, 0.4) is 0 Å². The number of carbonyl (C=O) groups excluding carboxylic acids is 1. The molecule has 1 fully saturated rings. The molecule has 0 aromatic carbocycles. The Morgan fingerprint density at radius 3 is 1.30 bits per heavy atom. The second-order valence-corrected chi connectivity index (χ2v) is 37.3. The number of ketones is 1. The number of ether oxygens (including phenoxy) is 2. The van der Waals surface area contributed by atoms with Gasteiger partial charge in [-0.2, -0.15) is 0 Å². The van der Waals surface area contributed by atoms with Gasteiger partial charge in [-0.15, -0.1) is 26.3 Å². The number of rotatable bonds is 31. The first-order chi connectivity index (χ1) is 36.8. The van der Waals surface area contributed by atoms with Gasteiger partial charge in [-0.05, 0) is 125 Å². The SMILES string of the molecule is C=CC[C@@H]1OC(C)(C)O[C@H]1[C@H](C)/C=C\[C@@H](C)[C@H](C)O.C=CC[C@H](O)[C@@H](O)[C@H](C)/C=C\[C@@H](C)[C@H](C)O.C=CC[C@H](O[Si](C)(C)C(C)(C)C)C(=O)[C@H](C)/C=C\[C@@H](C)C(C)C.C=CC[C@H](O[Si](C)(C)C(C)(C)C)[C@@H](O)[C@H](C)/C=C\[C@@H](C)C(C)C. The molecule has 0 aliphatic carbocycles. The lowest BCUT2D eigenvalue weighted by Crippen LogP contribution is -2.48. The molecule has 1 aliphatic rings. The van der Waals surface area contributed by atoms with Crippen LogP contribution in [-0.4, -0.2) is 109 Å². The minimum atomic E-state index is -1.97. The zero-order valence-electron chi connectivity index (χ0n) is 56.8. The van der Waals surface area contributed by atoms with Crippen LogP contribution in [0.5, 0.6) is 0 Å². The van der Waals surface area contributed by atoms with Gasteiger partial charge in [0.2, 0.25) is 0 Å². The number of hydrogen-bond donors (Lipinski definition) is 5. The average Bonchev–Trinajstić information content (AvgIpc) is 3.67. The Hall–Kier alpha value is -2.34. The molecule has 12 heteroatoms. The number of Topliss-reactive ketones (excluding diaryl/α,β-unsaturated/α-hetero) is 1. The number of carbonyl (C=O) groups is 1. The highest BCUT2D eigenvalue weighted by Crippen LogP contribution is 2.40. The Morgan fingerprint density at radius 1 is 0.519 bits per heavy atom. The van der Waals surface area contributed by atoms with E-state index in [2.05, 4.69) is 180 Å². The molecule has 1 saturated heterocycles. The molecule has 0 bridgehead atoms. The van der Waals surface area contributed by atoms with Crippen molar-refractivity contribution in [1.29, 1.82) is 0 Å². The predicted molar refractivity (Wildman–Crippen MR) is 353 cm³/mol.